The fourth-order valence-corrected chi connectivity index (χ4v) is 1.79. The third-order valence-electron chi connectivity index (χ3n) is 2.61. The molecule has 2 heterocycles. The average molecular weight is 226 g/mol. The van der Waals surface area contributed by atoms with Crippen LogP contribution in [0.5, 0.6) is 0 Å². The summed E-state index contributed by atoms with van der Waals surface area (Å²) in [6, 6.07) is 9.05. The van der Waals surface area contributed by atoms with Gasteiger partial charge in [0.05, 0.1) is 6.33 Å². The van der Waals surface area contributed by atoms with Gasteiger partial charge in [-0.2, -0.15) is 0 Å². The molecule has 3 aromatic rings. The molecule has 0 saturated carbocycles. The number of benzene rings is 1. The van der Waals surface area contributed by atoms with Gasteiger partial charge >= 0.3 is 5.63 Å². The molecule has 1 aromatic carbocycles. The van der Waals surface area contributed by atoms with Crippen LogP contribution in [0.15, 0.2) is 58.3 Å². The van der Waals surface area contributed by atoms with Crippen molar-refractivity contribution in [3.63, 3.8) is 0 Å². The smallest absolute Gasteiger partial charge is 0.336 e. The molecular weight excluding hydrogens is 216 g/mol. The van der Waals surface area contributed by atoms with E-state index in [1.165, 1.54) is 6.07 Å². The largest absolute Gasteiger partial charge is 0.423 e. The summed E-state index contributed by atoms with van der Waals surface area (Å²) in [5, 5.41) is 0.930. The highest BCUT2D eigenvalue weighted by atomic mass is 16.4. The summed E-state index contributed by atoms with van der Waals surface area (Å²) in [5.74, 6) is 0. The molecule has 17 heavy (non-hydrogen) atoms. The molecule has 2 aromatic heterocycles. The highest BCUT2D eigenvalue weighted by Gasteiger charge is 2.00. The van der Waals surface area contributed by atoms with Crippen LogP contribution in [0.2, 0.25) is 0 Å². The van der Waals surface area contributed by atoms with Crippen molar-refractivity contribution in [3.8, 4) is 0 Å². The number of fused-ring (bicyclic) bond motifs is 1. The first kappa shape index (κ1) is 9.84. The second-order valence-electron chi connectivity index (χ2n) is 3.86. The zero-order valence-corrected chi connectivity index (χ0v) is 9.04. The molecule has 3 rings (SSSR count). The van der Waals surface area contributed by atoms with E-state index in [9.17, 15) is 4.79 Å². The van der Waals surface area contributed by atoms with Gasteiger partial charge in [-0.25, -0.2) is 9.78 Å². The van der Waals surface area contributed by atoms with E-state index in [4.69, 9.17) is 4.42 Å². The zero-order valence-electron chi connectivity index (χ0n) is 9.04. The van der Waals surface area contributed by atoms with Gasteiger partial charge in [-0.15, -0.1) is 0 Å². The van der Waals surface area contributed by atoms with Crippen LogP contribution in [0.4, 0.5) is 0 Å². The van der Waals surface area contributed by atoms with Gasteiger partial charge in [0, 0.05) is 30.4 Å². The quantitative estimate of drug-likeness (QED) is 0.628. The molecule has 0 fully saturated rings. The molecule has 84 valence electrons. The van der Waals surface area contributed by atoms with E-state index in [1.54, 1.807) is 18.6 Å². The molecular formula is C13H10N2O2. The average Bonchev–Trinajstić information content (AvgIpc) is 2.81. The Morgan fingerprint density at radius 2 is 2.12 bits per heavy atom. The number of nitrogens with zero attached hydrogens (tertiary/aromatic N) is 2. The van der Waals surface area contributed by atoms with Crippen LogP contribution in [0, 0.1) is 0 Å². The fourth-order valence-electron chi connectivity index (χ4n) is 1.79. The Hall–Kier alpha value is -2.36. The van der Waals surface area contributed by atoms with Crippen molar-refractivity contribution in [1.29, 1.82) is 0 Å². The van der Waals surface area contributed by atoms with E-state index in [1.807, 2.05) is 29.0 Å². The second-order valence-corrected chi connectivity index (χ2v) is 3.86. The number of imidazole rings is 1. The lowest BCUT2D eigenvalue weighted by Crippen LogP contribution is -1.98. The molecule has 0 aliphatic heterocycles. The topological polar surface area (TPSA) is 48.0 Å². The molecule has 0 amide bonds. The highest BCUT2D eigenvalue weighted by Crippen LogP contribution is 2.14. The molecule has 0 bridgehead atoms. The monoisotopic (exact) mass is 226 g/mol. The molecule has 0 N–H and O–H groups in total. The van der Waals surface area contributed by atoms with Crippen LogP contribution in [0.1, 0.15) is 5.56 Å². The summed E-state index contributed by atoms with van der Waals surface area (Å²) in [4.78, 5) is 15.1. The van der Waals surface area contributed by atoms with E-state index in [0.717, 1.165) is 10.9 Å². The van der Waals surface area contributed by atoms with Gasteiger partial charge in [-0.05, 0) is 17.7 Å². The SMILES string of the molecule is O=c1ccc2ccc(Cn3ccnc3)cc2o1. The first-order valence-electron chi connectivity index (χ1n) is 5.30. The number of hydrogen-bond donors (Lipinski definition) is 0. The molecule has 0 aliphatic rings. The fraction of sp³-hybridized carbons (Fsp3) is 0.0769. The number of aromatic nitrogens is 2. The van der Waals surface area contributed by atoms with Crippen molar-refractivity contribution in [2.75, 3.05) is 0 Å². The van der Waals surface area contributed by atoms with Crippen LogP contribution in [-0.2, 0) is 6.54 Å². The maximum atomic E-state index is 11.1. The van der Waals surface area contributed by atoms with E-state index in [0.29, 0.717) is 12.1 Å². The molecule has 4 heteroatoms. The second kappa shape index (κ2) is 3.90. The Morgan fingerprint density at radius 1 is 1.24 bits per heavy atom. The van der Waals surface area contributed by atoms with E-state index < -0.39 is 0 Å². The predicted molar refractivity (Wildman–Crippen MR) is 63.8 cm³/mol. The Morgan fingerprint density at radius 3 is 2.94 bits per heavy atom. The van der Waals surface area contributed by atoms with Gasteiger partial charge in [0.15, 0.2) is 0 Å². The summed E-state index contributed by atoms with van der Waals surface area (Å²) < 4.78 is 7.10. The lowest BCUT2D eigenvalue weighted by atomic mass is 10.1. The van der Waals surface area contributed by atoms with Crippen molar-refractivity contribution < 1.29 is 4.42 Å². The van der Waals surface area contributed by atoms with Crippen molar-refractivity contribution >= 4 is 11.0 Å². The van der Waals surface area contributed by atoms with E-state index >= 15 is 0 Å². The van der Waals surface area contributed by atoms with Crippen LogP contribution in [0.25, 0.3) is 11.0 Å². The molecule has 0 unspecified atom stereocenters. The minimum absolute atomic E-state index is 0.322. The Bertz CT molecular complexity index is 699. The van der Waals surface area contributed by atoms with E-state index in [2.05, 4.69) is 4.98 Å². The van der Waals surface area contributed by atoms with Crippen LogP contribution >= 0.6 is 0 Å². The lowest BCUT2D eigenvalue weighted by molar-refractivity contribution is 0.560. The van der Waals surface area contributed by atoms with Gasteiger partial charge in [0.25, 0.3) is 0 Å². The standard InChI is InChI=1S/C13H10N2O2/c16-13-4-3-11-2-1-10(7-12(11)17-13)8-15-6-5-14-9-15/h1-7,9H,8H2. The Kier molecular flexibility index (Phi) is 2.26. The van der Waals surface area contributed by atoms with Crippen molar-refractivity contribution in [1.82, 2.24) is 9.55 Å². The maximum Gasteiger partial charge on any atom is 0.336 e. The molecule has 0 radical (unpaired) electrons. The van der Waals surface area contributed by atoms with Gasteiger partial charge in [-0.1, -0.05) is 12.1 Å². The number of hydrogen-bond acceptors (Lipinski definition) is 3. The molecule has 0 atom stereocenters. The van der Waals surface area contributed by atoms with Crippen molar-refractivity contribution in [2.45, 2.75) is 6.54 Å². The first-order chi connectivity index (χ1) is 8.31. The van der Waals surface area contributed by atoms with Crippen LogP contribution in [0.3, 0.4) is 0 Å². The summed E-state index contributed by atoms with van der Waals surface area (Å²) >= 11 is 0. The Balaban J connectivity index is 2.04. The van der Waals surface area contributed by atoms with Gasteiger partial charge in [0.2, 0.25) is 0 Å². The zero-order chi connectivity index (χ0) is 11.7. The van der Waals surface area contributed by atoms with Crippen molar-refractivity contribution in [2.24, 2.45) is 0 Å². The third-order valence-corrected chi connectivity index (χ3v) is 2.61. The van der Waals surface area contributed by atoms with Crippen LogP contribution in [-0.4, -0.2) is 9.55 Å². The Labute approximate surface area is 97.1 Å². The summed E-state index contributed by atoms with van der Waals surface area (Å²) in [6.07, 6.45) is 5.39. The lowest BCUT2D eigenvalue weighted by Gasteiger charge is -2.03. The summed E-state index contributed by atoms with van der Waals surface area (Å²) in [6.45, 7) is 0.717. The normalized spacial score (nSPS) is 10.8. The molecule has 0 spiro atoms. The third kappa shape index (κ3) is 1.97. The van der Waals surface area contributed by atoms with Gasteiger partial charge in [-0.3, -0.25) is 0 Å². The summed E-state index contributed by atoms with van der Waals surface area (Å²) in [5.41, 5.74) is 1.37. The molecule has 0 aliphatic carbocycles. The predicted octanol–water partition coefficient (Wildman–Crippen LogP) is 2.04. The van der Waals surface area contributed by atoms with Gasteiger partial charge in [0.1, 0.15) is 5.58 Å². The number of rotatable bonds is 2. The minimum Gasteiger partial charge on any atom is -0.423 e. The molecule has 4 nitrogen and oxygen atoms in total. The highest BCUT2D eigenvalue weighted by molar-refractivity contribution is 5.76. The minimum atomic E-state index is -0.322. The summed E-state index contributed by atoms with van der Waals surface area (Å²) in [7, 11) is 0. The molecule has 0 saturated heterocycles. The maximum absolute atomic E-state index is 11.1. The van der Waals surface area contributed by atoms with E-state index in [-0.39, 0.29) is 5.63 Å². The first-order valence-corrected chi connectivity index (χ1v) is 5.30. The van der Waals surface area contributed by atoms with Crippen LogP contribution < -0.4 is 5.63 Å². The van der Waals surface area contributed by atoms with Gasteiger partial charge < -0.3 is 8.98 Å². The van der Waals surface area contributed by atoms with Crippen molar-refractivity contribution in [3.05, 3.63) is 65.0 Å².